The first kappa shape index (κ1) is 17.6. The van der Waals surface area contributed by atoms with Crippen molar-refractivity contribution < 1.29 is 18.0 Å². The molecule has 1 fully saturated rings. The molecule has 7 heteroatoms. The number of amides is 1. The van der Waals surface area contributed by atoms with Crippen LogP contribution in [0.3, 0.4) is 0 Å². The molecule has 2 aromatic rings. The molecule has 2 atom stereocenters. The lowest BCUT2D eigenvalue weighted by molar-refractivity contribution is -0.137. The molecule has 0 saturated carbocycles. The van der Waals surface area contributed by atoms with E-state index in [-0.39, 0.29) is 24.5 Å². The van der Waals surface area contributed by atoms with Crippen LogP contribution in [0.2, 0.25) is 0 Å². The molecule has 0 bridgehead atoms. The zero-order chi connectivity index (χ0) is 19.0. The second-order valence-corrected chi connectivity index (χ2v) is 6.71. The van der Waals surface area contributed by atoms with Crippen LogP contribution in [0.25, 0.3) is 0 Å². The van der Waals surface area contributed by atoms with Crippen LogP contribution < -0.4 is 5.43 Å². The first-order valence-electron chi connectivity index (χ1n) is 8.66. The number of carbonyl (C=O) groups is 1. The summed E-state index contributed by atoms with van der Waals surface area (Å²) in [6.07, 6.45) is -0.415. The third kappa shape index (κ3) is 3.55. The van der Waals surface area contributed by atoms with Crippen molar-refractivity contribution in [2.24, 2.45) is 0 Å². The summed E-state index contributed by atoms with van der Waals surface area (Å²) in [4.78, 5) is 14.3. The molecule has 0 spiro atoms. The van der Waals surface area contributed by atoms with E-state index < -0.39 is 11.7 Å². The summed E-state index contributed by atoms with van der Waals surface area (Å²) in [7, 11) is 0. The Hall–Kier alpha value is -2.80. The third-order valence-electron chi connectivity index (χ3n) is 4.88. The van der Waals surface area contributed by atoms with Crippen LogP contribution in [0.1, 0.15) is 29.2 Å². The highest BCUT2D eigenvalue weighted by atomic mass is 19.4. The Morgan fingerprint density at radius 1 is 1.04 bits per heavy atom. The summed E-state index contributed by atoms with van der Waals surface area (Å²) < 4.78 is 38.7. The molecular weight excluding hydrogens is 355 g/mol. The van der Waals surface area contributed by atoms with E-state index in [9.17, 15) is 18.0 Å². The summed E-state index contributed by atoms with van der Waals surface area (Å²) in [5.41, 5.74) is 4.14. The lowest BCUT2D eigenvalue weighted by Gasteiger charge is -2.32. The van der Waals surface area contributed by atoms with Gasteiger partial charge in [-0.2, -0.15) is 13.2 Å². The fourth-order valence-corrected chi connectivity index (χ4v) is 3.51. The van der Waals surface area contributed by atoms with Crippen LogP contribution in [0.4, 0.5) is 13.2 Å². The molecule has 2 aliphatic heterocycles. The molecule has 0 aliphatic carbocycles. The number of nitrogens with zero attached hydrogens (tertiary/aromatic N) is 2. The Balaban J connectivity index is 1.49. The van der Waals surface area contributed by atoms with Crippen LogP contribution in [0.15, 0.2) is 67.0 Å². The van der Waals surface area contributed by atoms with Crippen LogP contribution in [-0.4, -0.2) is 21.9 Å². The monoisotopic (exact) mass is 373 g/mol. The van der Waals surface area contributed by atoms with Gasteiger partial charge in [0.2, 0.25) is 0 Å². The number of hydrazine groups is 1. The summed E-state index contributed by atoms with van der Waals surface area (Å²) in [5.74, 6) is -0.124. The maximum atomic E-state index is 12.9. The van der Waals surface area contributed by atoms with E-state index >= 15 is 0 Å². The van der Waals surface area contributed by atoms with Crippen molar-refractivity contribution in [3.8, 4) is 0 Å². The highest BCUT2D eigenvalue weighted by molar-refractivity contribution is 5.84. The van der Waals surface area contributed by atoms with Crippen LogP contribution in [0, 0.1) is 0 Å². The number of fused-ring (bicyclic) bond motifs is 1. The first-order chi connectivity index (χ1) is 12.9. The van der Waals surface area contributed by atoms with Crippen molar-refractivity contribution in [2.75, 3.05) is 0 Å². The molecule has 1 saturated heterocycles. The maximum absolute atomic E-state index is 12.9. The Labute approximate surface area is 154 Å². The summed E-state index contributed by atoms with van der Waals surface area (Å²) in [6.45, 7) is 0.111. The number of alkyl halides is 3. The minimum Gasteiger partial charge on any atom is -0.311 e. The smallest absolute Gasteiger partial charge is 0.311 e. The van der Waals surface area contributed by atoms with Gasteiger partial charge in [-0.05, 0) is 29.7 Å². The zero-order valence-electron chi connectivity index (χ0n) is 14.4. The second-order valence-electron chi connectivity index (χ2n) is 6.71. The second kappa shape index (κ2) is 6.74. The van der Waals surface area contributed by atoms with Gasteiger partial charge in [0.15, 0.2) is 0 Å². The average molecular weight is 373 g/mol. The van der Waals surface area contributed by atoms with E-state index in [1.54, 1.807) is 23.5 Å². The molecule has 27 heavy (non-hydrogen) atoms. The Bertz CT molecular complexity index is 866. The Morgan fingerprint density at radius 2 is 1.81 bits per heavy atom. The van der Waals surface area contributed by atoms with Gasteiger partial charge >= 0.3 is 6.18 Å². The zero-order valence-corrected chi connectivity index (χ0v) is 14.4. The first-order valence-corrected chi connectivity index (χ1v) is 8.66. The molecule has 2 aliphatic rings. The topological polar surface area (TPSA) is 35.6 Å². The number of carbonyl (C=O) groups excluding carboxylic acids is 1. The van der Waals surface area contributed by atoms with E-state index in [0.717, 1.165) is 17.7 Å². The number of halogens is 3. The average Bonchev–Trinajstić information content (AvgIpc) is 3.10. The molecule has 4 rings (SSSR count). The van der Waals surface area contributed by atoms with Crippen LogP contribution in [0.5, 0.6) is 0 Å². The van der Waals surface area contributed by atoms with E-state index in [4.69, 9.17) is 0 Å². The van der Waals surface area contributed by atoms with Gasteiger partial charge in [0.1, 0.15) is 6.04 Å². The van der Waals surface area contributed by atoms with E-state index in [1.807, 2.05) is 30.3 Å². The highest BCUT2D eigenvalue weighted by Crippen LogP contribution is 2.32. The van der Waals surface area contributed by atoms with Crippen molar-refractivity contribution in [2.45, 2.75) is 31.2 Å². The van der Waals surface area contributed by atoms with Gasteiger partial charge in [-0.25, -0.2) is 5.43 Å². The van der Waals surface area contributed by atoms with Gasteiger partial charge in [-0.3, -0.25) is 4.79 Å². The van der Waals surface area contributed by atoms with Gasteiger partial charge in [0.25, 0.3) is 5.91 Å². The van der Waals surface area contributed by atoms with Gasteiger partial charge in [-0.1, -0.05) is 42.5 Å². The fourth-order valence-electron chi connectivity index (χ4n) is 3.51. The van der Waals surface area contributed by atoms with E-state index in [2.05, 4.69) is 5.43 Å². The van der Waals surface area contributed by atoms with Crippen LogP contribution in [-0.2, 0) is 17.5 Å². The Kier molecular flexibility index (Phi) is 4.39. The van der Waals surface area contributed by atoms with Crippen molar-refractivity contribution in [3.63, 3.8) is 0 Å². The molecule has 140 valence electrons. The minimum absolute atomic E-state index is 0.0262. The standard InChI is InChI=1S/C20H18F3N3O/c21-20(22,23)16-8-4-5-14(11-16)13-25-9-10-26-18(19(25)27)12-17(24-26)15-6-2-1-3-7-15/h1-11,17-18,24H,12-13H2. The lowest BCUT2D eigenvalue weighted by atomic mass is 10.0. The summed E-state index contributed by atoms with van der Waals surface area (Å²) in [5, 5.41) is 1.78. The number of rotatable bonds is 3. The minimum atomic E-state index is -4.40. The van der Waals surface area contributed by atoms with Crippen molar-refractivity contribution in [1.29, 1.82) is 0 Å². The molecule has 1 amide bonds. The SMILES string of the molecule is O=C1C2CC(c3ccccc3)NN2C=CN1Cc1cccc(C(F)(F)F)c1. The van der Waals surface area contributed by atoms with Crippen molar-refractivity contribution in [3.05, 3.63) is 83.7 Å². The normalized spacial score (nSPS) is 22.3. The molecule has 2 unspecified atom stereocenters. The predicted octanol–water partition coefficient (Wildman–Crippen LogP) is 3.84. The van der Waals surface area contributed by atoms with Gasteiger partial charge in [0, 0.05) is 12.4 Å². The third-order valence-corrected chi connectivity index (χ3v) is 4.88. The maximum Gasteiger partial charge on any atom is 0.416 e. The lowest BCUT2D eigenvalue weighted by Crippen LogP contribution is -2.47. The molecule has 2 aromatic carbocycles. The molecule has 2 heterocycles. The molecular formula is C20H18F3N3O. The highest BCUT2D eigenvalue weighted by Gasteiger charge is 2.40. The van der Waals surface area contributed by atoms with Crippen molar-refractivity contribution in [1.82, 2.24) is 15.3 Å². The predicted molar refractivity (Wildman–Crippen MR) is 93.7 cm³/mol. The number of nitrogens with one attached hydrogen (secondary N) is 1. The van der Waals surface area contributed by atoms with E-state index in [1.165, 1.54) is 11.0 Å². The molecule has 4 nitrogen and oxygen atoms in total. The molecule has 0 aromatic heterocycles. The van der Waals surface area contributed by atoms with Gasteiger partial charge < -0.3 is 9.91 Å². The van der Waals surface area contributed by atoms with E-state index in [0.29, 0.717) is 12.0 Å². The fraction of sp³-hybridized carbons (Fsp3) is 0.250. The van der Waals surface area contributed by atoms with Gasteiger partial charge in [-0.15, -0.1) is 0 Å². The summed E-state index contributed by atoms with van der Waals surface area (Å²) >= 11 is 0. The molecule has 1 N–H and O–H groups in total. The number of hydrogen-bond acceptors (Lipinski definition) is 3. The largest absolute Gasteiger partial charge is 0.416 e. The molecule has 0 radical (unpaired) electrons. The Morgan fingerprint density at radius 3 is 2.56 bits per heavy atom. The van der Waals surface area contributed by atoms with Crippen molar-refractivity contribution >= 4 is 5.91 Å². The number of hydrogen-bond donors (Lipinski definition) is 1. The van der Waals surface area contributed by atoms with Gasteiger partial charge in [0.05, 0.1) is 18.2 Å². The quantitative estimate of drug-likeness (QED) is 0.888. The number of benzene rings is 2. The van der Waals surface area contributed by atoms with Crippen LogP contribution >= 0.6 is 0 Å². The summed E-state index contributed by atoms with van der Waals surface area (Å²) in [6, 6.07) is 14.6.